The van der Waals surface area contributed by atoms with Crippen molar-refractivity contribution in [2.45, 2.75) is 40.0 Å². The number of pyridine rings is 1. The number of anilines is 1. The first kappa shape index (κ1) is 17.9. The van der Waals surface area contributed by atoms with Gasteiger partial charge in [-0.05, 0) is 37.6 Å². The molecule has 3 aromatic rings. The molecule has 0 bridgehead atoms. The summed E-state index contributed by atoms with van der Waals surface area (Å²) in [6.07, 6.45) is 1.71. The molecule has 0 fully saturated rings. The van der Waals surface area contributed by atoms with Gasteiger partial charge in [0.1, 0.15) is 5.82 Å². The first-order valence-electron chi connectivity index (χ1n) is 8.66. The zero-order chi connectivity index (χ0) is 18.9. The third kappa shape index (κ3) is 3.67. The first-order valence-corrected chi connectivity index (χ1v) is 8.66. The summed E-state index contributed by atoms with van der Waals surface area (Å²) in [7, 11) is 0. The lowest BCUT2D eigenvalue weighted by atomic mass is 9.92. The molecule has 2 aromatic heterocycles. The second-order valence-electron chi connectivity index (χ2n) is 7.54. The Kier molecular flexibility index (Phi) is 4.64. The Morgan fingerprint density at radius 3 is 2.50 bits per heavy atom. The van der Waals surface area contributed by atoms with E-state index in [0.717, 1.165) is 16.8 Å². The summed E-state index contributed by atoms with van der Waals surface area (Å²) in [5, 5.41) is 7.69. The van der Waals surface area contributed by atoms with Crippen molar-refractivity contribution in [3.8, 4) is 5.82 Å². The molecule has 0 aliphatic rings. The molecule has 1 aromatic carbocycles. The quantitative estimate of drug-likeness (QED) is 0.761. The second-order valence-corrected chi connectivity index (χ2v) is 7.54. The van der Waals surface area contributed by atoms with E-state index in [4.69, 9.17) is 0 Å². The summed E-state index contributed by atoms with van der Waals surface area (Å²) in [5.41, 5.74) is 3.40. The maximum atomic E-state index is 12.9. The maximum Gasteiger partial charge on any atom is 0.257 e. The number of carbonyl (C=O) groups excluding carboxylic acids is 1. The van der Waals surface area contributed by atoms with E-state index in [1.807, 2.05) is 56.3 Å². The van der Waals surface area contributed by atoms with Crippen LogP contribution in [0.3, 0.4) is 0 Å². The van der Waals surface area contributed by atoms with Crippen LogP contribution >= 0.6 is 0 Å². The maximum absolute atomic E-state index is 12.9. The van der Waals surface area contributed by atoms with Gasteiger partial charge in [0, 0.05) is 23.2 Å². The number of hydrogen-bond acceptors (Lipinski definition) is 3. The third-order valence-corrected chi connectivity index (χ3v) is 4.22. The van der Waals surface area contributed by atoms with Gasteiger partial charge in [0.15, 0.2) is 5.82 Å². The lowest BCUT2D eigenvalue weighted by molar-refractivity contribution is 0.102. The molecule has 26 heavy (non-hydrogen) atoms. The van der Waals surface area contributed by atoms with Gasteiger partial charge in [-0.1, -0.05) is 44.5 Å². The van der Waals surface area contributed by atoms with Crippen LogP contribution < -0.4 is 5.32 Å². The molecule has 0 aliphatic heterocycles. The SMILES string of the molecule is Cc1ccc(C)c(C(=O)Nc2cc(C(C)(C)C)nn2-c2ccccn2)c1. The van der Waals surface area contributed by atoms with Crippen molar-refractivity contribution in [2.75, 3.05) is 5.32 Å². The molecular formula is C21H24N4O. The molecule has 3 rings (SSSR count). The van der Waals surface area contributed by atoms with Crippen LogP contribution in [0.1, 0.15) is 48.0 Å². The Labute approximate surface area is 154 Å². The van der Waals surface area contributed by atoms with Crippen molar-refractivity contribution >= 4 is 11.7 Å². The summed E-state index contributed by atoms with van der Waals surface area (Å²) < 4.78 is 1.68. The van der Waals surface area contributed by atoms with Crippen LogP contribution in [0.25, 0.3) is 5.82 Å². The molecule has 0 unspecified atom stereocenters. The smallest absolute Gasteiger partial charge is 0.257 e. The summed E-state index contributed by atoms with van der Waals surface area (Å²) in [4.78, 5) is 17.2. The van der Waals surface area contributed by atoms with Gasteiger partial charge in [0.25, 0.3) is 5.91 Å². The normalized spacial score (nSPS) is 11.4. The van der Waals surface area contributed by atoms with E-state index >= 15 is 0 Å². The van der Waals surface area contributed by atoms with Gasteiger partial charge >= 0.3 is 0 Å². The van der Waals surface area contributed by atoms with Crippen LogP contribution in [0.4, 0.5) is 5.82 Å². The van der Waals surface area contributed by atoms with Crippen LogP contribution in [0.5, 0.6) is 0 Å². The van der Waals surface area contributed by atoms with Gasteiger partial charge in [-0.2, -0.15) is 9.78 Å². The lowest BCUT2D eigenvalue weighted by Gasteiger charge is -2.13. The minimum absolute atomic E-state index is 0.140. The largest absolute Gasteiger partial charge is 0.306 e. The number of carbonyl (C=O) groups is 1. The van der Waals surface area contributed by atoms with Gasteiger partial charge in [-0.25, -0.2) is 4.98 Å². The zero-order valence-corrected chi connectivity index (χ0v) is 15.9. The number of nitrogens with one attached hydrogen (secondary N) is 1. The highest BCUT2D eigenvalue weighted by molar-refractivity contribution is 6.05. The number of aromatic nitrogens is 3. The highest BCUT2D eigenvalue weighted by Crippen LogP contribution is 2.26. The molecule has 0 radical (unpaired) electrons. The fourth-order valence-electron chi connectivity index (χ4n) is 2.65. The van der Waals surface area contributed by atoms with E-state index in [-0.39, 0.29) is 11.3 Å². The monoisotopic (exact) mass is 348 g/mol. The van der Waals surface area contributed by atoms with E-state index in [9.17, 15) is 4.79 Å². The van der Waals surface area contributed by atoms with Crippen LogP contribution in [0.2, 0.25) is 0 Å². The standard InChI is InChI=1S/C21H24N4O/c1-14-9-10-15(2)16(12-14)20(26)23-19-13-17(21(3,4)5)24-25(19)18-8-6-7-11-22-18/h6-13H,1-5H3,(H,23,26). The second kappa shape index (κ2) is 6.75. The van der Waals surface area contributed by atoms with E-state index < -0.39 is 0 Å². The Morgan fingerprint density at radius 2 is 1.85 bits per heavy atom. The Morgan fingerprint density at radius 1 is 1.08 bits per heavy atom. The summed E-state index contributed by atoms with van der Waals surface area (Å²) in [6, 6.07) is 13.4. The molecule has 0 saturated heterocycles. The summed E-state index contributed by atoms with van der Waals surface area (Å²) in [6.45, 7) is 10.2. The van der Waals surface area contributed by atoms with Gasteiger partial charge < -0.3 is 5.32 Å². The van der Waals surface area contributed by atoms with Gasteiger partial charge in [0.05, 0.1) is 5.69 Å². The molecule has 1 N–H and O–H groups in total. The van der Waals surface area contributed by atoms with Crippen molar-refractivity contribution in [1.82, 2.24) is 14.8 Å². The predicted molar refractivity (Wildman–Crippen MR) is 104 cm³/mol. The fourth-order valence-corrected chi connectivity index (χ4v) is 2.65. The lowest BCUT2D eigenvalue weighted by Crippen LogP contribution is -2.16. The van der Waals surface area contributed by atoms with Gasteiger partial charge in [0.2, 0.25) is 0 Å². The molecule has 5 nitrogen and oxygen atoms in total. The fraction of sp³-hybridized carbons (Fsp3) is 0.286. The van der Waals surface area contributed by atoms with E-state index in [1.54, 1.807) is 10.9 Å². The van der Waals surface area contributed by atoms with E-state index in [2.05, 4.69) is 36.2 Å². The zero-order valence-electron chi connectivity index (χ0n) is 15.9. The molecule has 0 aliphatic carbocycles. The van der Waals surface area contributed by atoms with E-state index in [1.165, 1.54) is 0 Å². The number of aryl methyl sites for hydroxylation is 2. The number of nitrogens with zero attached hydrogens (tertiary/aromatic N) is 3. The topological polar surface area (TPSA) is 59.8 Å². The Hall–Kier alpha value is -2.95. The summed E-state index contributed by atoms with van der Waals surface area (Å²) in [5.74, 6) is 1.13. The average Bonchev–Trinajstić information content (AvgIpc) is 3.02. The van der Waals surface area contributed by atoms with Gasteiger partial charge in [-0.3, -0.25) is 4.79 Å². The van der Waals surface area contributed by atoms with Crippen molar-refractivity contribution in [2.24, 2.45) is 0 Å². The molecule has 0 spiro atoms. The molecule has 0 atom stereocenters. The number of benzene rings is 1. The molecular weight excluding hydrogens is 324 g/mol. The minimum Gasteiger partial charge on any atom is -0.306 e. The van der Waals surface area contributed by atoms with Crippen molar-refractivity contribution in [3.05, 3.63) is 71.0 Å². The predicted octanol–water partition coefficient (Wildman–Crippen LogP) is 4.43. The molecule has 1 amide bonds. The number of rotatable bonds is 3. The number of hydrogen-bond donors (Lipinski definition) is 1. The van der Waals surface area contributed by atoms with E-state index in [0.29, 0.717) is 17.2 Å². The highest BCUT2D eigenvalue weighted by atomic mass is 16.1. The van der Waals surface area contributed by atoms with Crippen molar-refractivity contribution in [3.63, 3.8) is 0 Å². The molecule has 0 saturated carbocycles. The summed E-state index contributed by atoms with van der Waals surface area (Å²) >= 11 is 0. The molecule has 134 valence electrons. The third-order valence-electron chi connectivity index (χ3n) is 4.22. The van der Waals surface area contributed by atoms with Crippen LogP contribution in [0.15, 0.2) is 48.7 Å². The van der Waals surface area contributed by atoms with Crippen LogP contribution in [0, 0.1) is 13.8 Å². The minimum atomic E-state index is -0.149. The highest BCUT2D eigenvalue weighted by Gasteiger charge is 2.22. The Balaban J connectivity index is 2.02. The van der Waals surface area contributed by atoms with Crippen LogP contribution in [-0.2, 0) is 5.41 Å². The first-order chi connectivity index (χ1) is 12.3. The average molecular weight is 348 g/mol. The van der Waals surface area contributed by atoms with Gasteiger partial charge in [-0.15, -0.1) is 0 Å². The molecule has 2 heterocycles. The Bertz CT molecular complexity index is 936. The van der Waals surface area contributed by atoms with Crippen molar-refractivity contribution in [1.29, 1.82) is 0 Å². The molecule has 5 heteroatoms. The van der Waals surface area contributed by atoms with Crippen molar-refractivity contribution < 1.29 is 4.79 Å². The number of amides is 1. The van der Waals surface area contributed by atoms with Crippen LogP contribution in [-0.4, -0.2) is 20.7 Å².